The predicted octanol–water partition coefficient (Wildman–Crippen LogP) is 0.129. The van der Waals surface area contributed by atoms with Crippen LogP contribution in [0.1, 0.15) is 13.3 Å². The largest absolute Gasteiger partial charge is 0.299 e. The SMILES string of the molecule is CCCNS(=O)(=O)Nc1cc(F)ccc1S(N)(=O)=O. The van der Waals surface area contributed by atoms with Crippen LogP contribution in [0, 0.1) is 5.82 Å². The average molecular weight is 311 g/mol. The van der Waals surface area contributed by atoms with Crippen molar-refractivity contribution in [3.63, 3.8) is 0 Å². The summed E-state index contributed by atoms with van der Waals surface area (Å²) in [6, 6.07) is 2.50. The molecule has 19 heavy (non-hydrogen) atoms. The van der Waals surface area contributed by atoms with E-state index in [9.17, 15) is 21.2 Å². The van der Waals surface area contributed by atoms with Gasteiger partial charge in [-0.05, 0) is 24.6 Å². The molecule has 108 valence electrons. The molecule has 0 aliphatic carbocycles. The lowest BCUT2D eigenvalue weighted by Gasteiger charge is -2.11. The second kappa shape index (κ2) is 5.82. The van der Waals surface area contributed by atoms with Crippen LogP contribution in [0.4, 0.5) is 10.1 Å². The van der Waals surface area contributed by atoms with Gasteiger partial charge in [0, 0.05) is 6.54 Å². The fourth-order valence-corrected chi connectivity index (χ4v) is 2.99. The first-order chi connectivity index (χ1) is 8.65. The van der Waals surface area contributed by atoms with Crippen LogP contribution in [0.25, 0.3) is 0 Å². The van der Waals surface area contributed by atoms with E-state index in [1.807, 2.05) is 4.72 Å². The third kappa shape index (κ3) is 4.74. The molecule has 1 rings (SSSR count). The summed E-state index contributed by atoms with van der Waals surface area (Å²) < 4.78 is 62.8. The first-order valence-corrected chi connectivity index (χ1v) is 8.28. The summed E-state index contributed by atoms with van der Waals surface area (Å²) in [7, 11) is -8.15. The van der Waals surface area contributed by atoms with Crippen LogP contribution < -0.4 is 14.6 Å². The first-order valence-electron chi connectivity index (χ1n) is 5.25. The molecule has 0 aliphatic rings. The van der Waals surface area contributed by atoms with Crippen molar-refractivity contribution in [2.75, 3.05) is 11.3 Å². The summed E-state index contributed by atoms with van der Waals surface area (Å²) in [5.74, 6) is -0.791. The van der Waals surface area contributed by atoms with Gasteiger partial charge in [0.1, 0.15) is 10.7 Å². The predicted molar refractivity (Wildman–Crippen MR) is 68.6 cm³/mol. The summed E-state index contributed by atoms with van der Waals surface area (Å²) >= 11 is 0. The molecule has 7 nitrogen and oxygen atoms in total. The Kier molecular flexibility index (Phi) is 4.85. The standard InChI is InChI=1S/C9H14FN3O4S2/c1-2-5-12-19(16,17)13-8-6-7(10)3-4-9(8)18(11,14)15/h3-4,6,12-13H,2,5H2,1H3,(H2,11,14,15). The van der Waals surface area contributed by atoms with Gasteiger partial charge in [0.15, 0.2) is 0 Å². The Morgan fingerprint density at radius 2 is 1.89 bits per heavy atom. The van der Waals surface area contributed by atoms with Crippen LogP contribution >= 0.6 is 0 Å². The molecule has 1 aromatic rings. The second-order valence-electron chi connectivity index (χ2n) is 3.69. The van der Waals surface area contributed by atoms with E-state index < -0.39 is 36.6 Å². The molecule has 4 N–H and O–H groups in total. The van der Waals surface area contributed by atoms with Crippen LogP contribution in [-0.2, 0) is 20.2 Å². The molecule has 0 spiro atoms. The molecule has 0 saturated carbocycles. The number of anilines is 1. The number of primary sulfonamides is 1. The Morgan fingerprint density at radius 1 is 1.26 bits per heavy atom. The second-order valence-corrected chi connectivity index (χ2v) is 6.71. The Labute approximate surface area is 111 Å². The van der Waals surface area contributed by atoms with E-state index in [-0.39, 0.29) is 6.54 Å². The van der Waals surface area contributed by atoms with Crippen molar-refractivity contribution >= 4 is 25.9 Å². The van der Waals surface area contributed by atoms with Crippen LogP contribution in [0.3, 0.4) is 0 Å². The van der Waals surface area contributed by atoms with Gasteiger partial charge in [-0.3, -0.25) is 4.72 Å². The third-order valence-electron chi connectivity index (χ3n) is 2.03. The first kappa shape index (κ1) is 15.8. The minimum Gasteiger partial charge on any atom is -0.270 e. The van der Waals surface area contributed by atoms with E-state index in [1.165, 1.54) is 0 Å². The molecule has 0 amide bonds. The summed E-state index contributed by atoms with van der Waals surface area (Å²) in [6.07, 6.45) is 0.548. The molecule has 0 radical (unpaired) electrons. The number of nitrogens with one attached hydrogen (secondary N) is 2. The van der Waals surface area contributed by atoms with Crippen LogP contribution in [0.2, 0.25) is 0 Å². The van der Waals surface area contributed by atoms with E-state index in [1.54, 1.807) is 6.92 Å². The molecule has 0 saturated heterocycles. The average Bonchev–Trinajstić information content (AvgIpc) is 2.24. The van der Waals surface area contributed by atoms with Gasteiger partial charge in [-0.15, -0.1) is 0 Å². The minimum atomic E-state index is -4.16. The maximum atomic E-state index is 13.1. The van der Waals surface area contributed by atoms with Gasteiger partial charge in [-0.1, -0.05) is 6.92 Å². The van der Waals surface area contributed by atoms with E-state index in [0.29, 0.717) is 6.42 Å². The van der Waals surface area contributed by atoms with Gasteiger partial charge < -0.3 is 0 Å². The zero-order chi connectivity index (χ0) is 14.7. The zero-order valence-corrected chi connectivity index (χ0v) is 11.7. The zero-order valence-electron chi connectivity index (χ0n) is 10.1. The maximum Gasteiger partial charge on any atom is 0.299 e. The van der Waals surface area contributed by atoms with Crippen molar-refractivity contribution in [1.82, 2.24) is 4.72 Å². The minimum absolute atomic E-state index is 0.162. The fourth-order valence-electron chi connectivity index (χ4n) is 1.25. The summed E-state index contributed by atoms with van der Waals surface area (Å²) in [5.41, 5.74) is -0.439. The number of sulfonamides is 1. The van der Waals surface area contributed by atoms with E-state index in [0.717, 1.165) is 18.2 Å². The van der Waals surface area contributed by atoms with Gasteiger partial charge >= 0.3 is 0 Å². The highest BCUT2D eigenvalue weighted by Gasteiger charge is 2.18. The van der Waals surface area contributed by atoms with Gasteiger partial charge in [-0.2, -0.15) is 13.1 Å². The van der Waals surface area contributed by atoms with Crippen molar-refractivity contribution in [2.45, 2.75) is 18.2 Å². The van der Waals surface area contributed by atoms with Crippen molar-refractivity contribution < 1.29 is 21.2 Å². The number of nitrogens with two attached hydrogens (primary N) is 1. The quantitative estimate of drug-likeness (QED) is 0.692. The normalized spacial score (nSPS) is 12.4. The van der Waals surface area contributed by atoms with Crippen LogP contribution in [0.15, 0.2) is 23.1 Å². The lowest BCUT2D eigenvalue weighted by molar-refractivity contribution is 0.586. The summed E-state index contributed by atoms with van der Waals surface area (Å²) in [5, 5.41) is 4.92. The Hall–Kier alpha value is -1.23. The third-order valence-corrected chi connectivity index (χ3v) is 4.08. The summed E-state index contributed by atoms with van der Waals surface area (Å²) in [6.45, 7) is 1.91. The molecule has 0 heterocycles. The van der Waals surface area contributed by atoms with Crippen molar-refractivity contribution in [1.29, 1.82) is 0 Å². The highest BCUT2D eigenvalue weighted by molar-refractivity contribution is 7.91. The molecule has 10 heteroatoms. The molecule has 0 aromatic heterocycles. The van der Waals surface area contributed by atoms with Crippen LogP contribution in [0.5, 0.6) is 0 Å². The lowest BCUT2D eigenvalue weighted by Crippen LogP contribution is -2.31. The molecule has 1 aromatic carbocycles. The smallest absolute Gasteiger partial charge is 0.270 e. The molecule has 0 aliphatic heterocycles. The highest BCUT2D eigenvalue weighted by Crippen LogP contribution is 2.21. The Balaban J connectivity index is 3.17. The Morgan fingerprint density at radius 3 is 2.42 bits per heavy atom. The maximum absolute atomic E-state index is 13.1. The van der Waals surface area contributed by atoms with Crippen molar-refractivity contribution in [3.8, 4) is 0 Å². The topological polar surface area (TPSA) is 118 Å². The van der Waals surface area contributed by atoms with E-state index >= 15 is 0 Å². The monoisotopic (exact) mass is 311 g/mol. The molecule has 0 fully saturated rings. The molecular formula is C9H14FN3O4S2. The number of rotatable bonds is 6. The van der Waals surface area contributed by atoms with Gasteiger partial charge in [0.2, 0.25) is 10.0 Å². The Bertz CT molecular complexity index is 658. The number of benzene rings is 1. The number of hydrogen-bond acceptors (Lipinski definition) is 4. The number of hydrogen-bond donors (Lipinski definition) is 3. The van der Waals surface area contributed by atoms with Gasteiger partial charge in [-0.25, -0.2) is 17.9 Å². The molecule has 0 bridgehead atoms. The van der Waals surface area contributed by atoms with Crippen LogP contribution in [-0.4, -0.2) is 23.4 Å². The molecule has 0 unspecified atom stereocenters. The van der Waals surface area contributed by atoms with E-state index in [2.05, 4.69) is 4.72 Å². The molecular weight excluding hydrogens is 297 g/mol. The highest BCUT2D eigenvalue weighted by atomic mass is 32.2. The van der Waals surface area contributed by atoms with Crippen molar-refractivity contribution in [3.05, 3.63) is 24.0 Å². The lowest BCUT2D eigenvalue weighted by atomic mass is 10.3. The van der Waals surface area contributed by atoms with Crippen molar-refractivity contribution in [2.24, 2.45) is 5.14 Å². The fraction of sp³-hybridized carbons (Fsp3) is 0.333. The summed E-state index contributed by atoms with van der Waals surface area (Å²) in [4.78, 5) is -0.504. The molecule has 0 atom stereocenters. The number of halogens is 1. The van der Waals surface area contributed by atoms with Gasteiger partial charge in [0.25, 0.3) is 10.2 Å². The van der Waals surface area contributed by atoms with Gasteiger partial charge in [0.05, 0.1) is 5.69 Å². The van der Waals surface area contributed by atoms with E-state index in [4.69, 9.17) is 5.14 Å².